The molecule has 0 unspecified atom stereocenters. The number of hydrogen-bond acceptors (Lipinski definition) is 3. The molecule has 1 heterocycles. The Morgan fingerprint density at radius 3 is 2.10 bits per heavy atom. The monoisotopic (exact) mass is 381 g/mol. The lowest BCUT2D eigenvalue weighted by Gasteiger charge is -2.28. The fraction of sp³-hybridized carbons (Fsp3) is 0.346. The fourth-order valence-electron chi connectivity index (χ4n) is 4.37. The van der Waals surface area contributed by atoms with Gasteiger partial charge in [-0.15, -0.1) is 0 Å². The standard InChI is InChI=1S/C26H27N3/c27-17-23-12-14-25(15-13-23)26-28-18-24(19-29-26)11-8-20-6-9-22(10-7-20)16-21-4-2-1-3-5-21/h1-5,12-15,18-20,22H,6-11,16H2. The molecule has 0 aliphatic heterocycles. The van der Waals surface area contributed by atoms with Crippen LogP contribution in [-0.4, -0.2) is 9.97 Å². The molecule has 1 saturated carbocycles. The normalized spacial score (nSPS) is 18.9. The summed E-state index contributed by atoms with van der Waals surface area (Å²) in [5.74, 6) is 2.41. The first-order chi connectivity index (χ1) is 14.3. The maximum Gasteiger partial charge on any atom is 0.159 e. The average Bonchev–Trinajstić information content (AvgIpc) is 2.80. The minimum absolute atomic E-state index is 0.656. The van der Waals surface area contributed by atoms with E-state index in [1.807, 2.05) is 24.5 Å². The molecule has 1 aromatic heterocycles. The maximum atomic E-state index is 8.90. The summed E-state index contributed by atoms with van der Waals surface area (Å²) in [6.45, 7) is 0. The van der Waals surface area contributed by atoms with Gasteiger partial charge in [0.1, 0.15) is 0 Å². The fourth-order valence-corrected chi connectivity index (χ4v) is 4.37. The third-order valence-corrected chi connectivity index (χ3v) is 6.15. The van der Waals surface area contributed by atoms with Crippen molar-refractivity contribution in [3.05, 3.63) is 83.7 Å². The van der Waals surface area contributed by atoms with Gasteiger partial charge in [0, 0.05) is 18.0 Å². The van der Waals surface area contributed by atoms with Crippen LogP contribution in [0, 0.1) is 23.2 Å². The van der Waals surface area contributed by atoms with Gasteiger partial charge in [-0.1, -0.05) is 43.2 Å². The van der Waals surface area contributed by atoms with Gasteiger partial charge in [0.05, 0.1) is 11.6 Å². The molecule has 0 amide bonds. The van der Waals surface area contributed by atoms with Crippen molar-refractivity contribution < 1.29 is 0 Å². The highest BCUT2D eigenvalue weighted by atomic mass is 14.9. The molecule has 0 spiro atoms. The molecule has 3 heteroatoms. The van der Waals surface area contributed by atoms with E-state index in [4.69, 9.17) is 5.26 Å². The highest BCUT2D eigenvalue weighted by Gasteiger charge is 2.21. The summed E-state index contributed by atoms with van der Waals surface area (Å²) >= 11 is 0. The number of nitrogens with zero attached hydrogens (tertiary/aromatic N) is 3. The molecule has 0 saturated heterocycles. The minimum Gasteiger partial charge on any atom is -0.236 e. The van der Waals surface area contributed by atoms with Gasteiger partial charge in [-0.05, 0) is 79.3 Å². The van der Waals surface area contributed by atoms with Crippen molar-refractivity contribution in [2.75, 3.05) is 0 Å². The molecule has 3 nitrogen and oxygen atoms in total. The zero-order chi connectivity index (χ0) is 19.9. The van der Waals surface area contributed by atoms with Crippen molar-refractivity contribution >= 4 is 0 Å². The molecule has 1 aliphatic rings. The predicted octanol–water partition coefficient (Wildman–Crippen LogP) is 6.00. The third-order valence-electron chi connectivity index (χ3n) is 6.15. The van der Waals surface area contributed by atoms with Crippen molar-refractivity contribution in [1.29, 1.82) is 5.26 Å². The Morgan fingerprint density at radius 2 is 1.45 bits per heavy atom. The van der Waals surface area contributed by atoms with Crippen LogP contribution in [0.4, 0.5) is 0 Å². The quantitative estimate of drug-likeness (QED) is 0.526. The lowest BCUT2D eigenvalue weighted by molar-refractivity contribution is 0.262. The second-order valence-corrected chi connectivity index (χ2v) is 8.22. The summed E-state index contributed by atoms with van der Waals surface area (Å²) in [4.78, 5) is 9.07. The molecule has 2 aromatic carbocycles. The molecule has 146 valence electrons. The number of rotatable bonds is 6. The molecule has 3 aromatic rings. The number of hydrogen-bond donors (Lipinski definition) is 0. The van der Waals surface area contributed by atoms with Gasteiger partial charge >= 0.3 is 0 Å². The Labute approximate surface area is 173 Å². The Balaban J connectivity index is 1.24. The molecule has 0 N–H and O–H groups in total. The second-order valence-electron chi connectivity index (χ2n) is 8.22. The summed E-state index contributed by atoms with van der Waals surface area (Å²) in [5, 5.41) is 8.90. The Kier molecular flexibility index (Phi) is 6.32. The Bertz CT molecular complexity index is 932. The van der Waals surface area contributed by atoms with Crippen molar-refractivity contribution in [1.82, 2.24) is 9.97 Å². The van der Waals surface area contributed by atoms with Crippen molar-refractivity contribution in [2.45, 2.75) is 44.9 Å². The summed E-state index contributed by atoms with van der Waals surface area (Å²) in [6.07, 6.45) is 12.9. The van der Waals surface area contributed by atoms with Crippen LogP contribution in [0.25, 0.3) is 11.4 Å². The average molecular weight is 382 g/mol. The molecule has 0 bridgehead atoms. The SMILES string of the molecule is N#Cc1ccc(-c2ncc(CCC3CCC(Cc4ccccc4)CC3)cn2)cc1. The van der Waals surface area contributed by atoms with Crippen LogP contribution in [0.5, 0.6) is 0 Å². The van der Waals surface area contributed by atoms with Crippen molar-refractivity contribution in [3.8, 4) is 17.5 Å². The van der Waals surface area contributed by atoms with E-state index in [0.717, 1.165) is 29.6 Å². The van der Waals surface area contributed by atoms with Crippen molar-refractivity contribution in [3.63, 3.8) is 0 Å². The van der Waals surface area contributed by atoms with Gasteiger partial charge in [0.25, 0.3) is 0 Å². The largest absolute Gasteiger partial charge is 0.236 e. The van der Waals surface area contributed by atoms with Crippen molar-refractivity contribution in [2.24, 2.45) is 11.8 Å². The van der Waals surface area contributed by atoms with Crippen LogP contribution in [0.3, 0.4) is 0 Å². The van der Waals surface area contributed by atoms with Crippen LogP contribution >= 0.6 is 0 Å². The summed E-state index contributed by atoms with van der Waals surface area (Å²) in [5.41, 5.74) is 4.31. The third kappa shape index (κ3) is 5.29. The first-order valence-corrected chi connectivity index (χ1v) is 10.7. The highest BCUT2D eigenvalue weighted by Crippen LogP contribution is 2.33. The van der Waals surface area contributed by atoms with Gasteiger partial charge in [0.2, 0.25) is 0 Å². The predicted molar refractivity (Wildman–Crippen MR) is 116 cm³/mol. The molecular weight excluding hydrogens is 354 g/mol. The number of benzene rings is 2. The molecular formula is C26H27N3. The number of aromatic nitrogens is 2. The van der Waals surface area contributed by atoms with Crippen LogP contribution < -0.4 is 0 Å². The van der Waals surface area contributed by atoms with Gasteiger partial charge in [-0.2, -0.15) is 5.26 Å². The van der Waals surface area contributed by atoms with Gasteiger partial charge < -0.3 is 0 Å². The zero-order valence-corrected chi connectivity index (χ0v) is 16.8. The highest BCUT2D eigenvalue weighted by molar-refractivity contribution is 5.56. The summed E-state index contributed by atoms with van der Waals surface area (Å²) < 4.78 is 0. The second kappa shape index (κ2) is 9.47. The van der Waals surface area contributed by atoms with Gasteiger partial charge in [-0.3, -0.25) is 0 Å². The number of nitriles is 1. The molecule has 1 aliphatic carbocycles. The molecule has 0 atom stereocenters. The lowest BCUT2D eigenvalue weighted by atomic mass is 9.77. The summed E-state index contributed by atoms with van der Waals surface area (Å²) in [7, 11) is 0. The van der Waals surface area contributed by atoms with Crippen LogP contribution in [0.2, 0.25) is 0 Å². The Morgan fingerprint density at radius 1 is 0.793 bits per heavy atom. The maximum absolute atomic E-state index is 8.90. The van der Waals surface area contributed by atoms with E-state index in [1.54, 1.807) is 12.1 Å². The van der Waals surface area contributed by atoms with E-state index >= 15 is 0 Å². The lowest BCUT2D eigenvalue weighted by Crippen LogP contribution is -2.17. The van der Waals surface area contributed by atoms with Crippen LogP contribution in [-0.2, 0) is 12.8 Å². The molecule has 0 radical (unpaired) electrons. The van der Waals surface area contributed by atoms with E-state index in [-0.39, 0.29) is 0 Å². The van der Waals surface area contributed by atoms with Crippen LogP contribution in [0.1, 0.15) is 48.8 Å². The molecule has 1 fully saturated rings. The van der Waals surface area contributed by atoms with E-state index in [0.29, 0.717) is 5.56 Å². The Hall–Kier alpha value is -2.99. The summed E-state index contributed by atoms with van der Waals surface area (Å²) in [6, 6.07) is 20.5. The smallest absolute Gasteiger partial charge is 0.159 e. The number of aryl methyl sites for hydroxylation is 1. The molecule has 29 heavy (non-hydrogen) atoms. The van der Waals surface area contributed by atoms with Gasteiger partial charge in [-0.25, -0.2) is 9.97 Å². The topological polar surface area (TPSA) is 49.6 Å². The minimum atomic E-state index is 0.656. The van der Waals surface area contributed by atoms with E-state index in [2.05, 4.69) is 46.4 Å². The van der Waals surface area contributed by atoms with E-state index < -0.39 is 0 Å². The molecule has 4 rings (SSSR count). The first kappa shape index (κ1) is 19.3. The first-order valence-electron chi connectivity index (χ1n) is 10.7. The van der Waals surface area contributed by atoms with E-state index in [1.165, 1.54) is 49.7 Å². The van der Waals surface area contributed by atoms with Crippen LogP contribution in [0.15, 0.2) is 67.0 Å². The van der Waals surface area contributed by atoms with Gasteiger partial charge in [0.15, 0.2) is 5.82 Å². The van der Waals surface area contributed by atoms with E-state index in [9.17, 15) is 0 Å². The zero-order valence-electron chi connectivity index (χ0n) is 16.8.